The average molecular weight is 241 g/mol. The van der Waals surface area contributed by atoms with Crippen molar-refractivity contribution in [3.05, 3.63) is 0 Å². The molecule has 0 aromatic heterocycles. The topological polar surface area (TPSA) is 21.3 Å². The summed E-state index contributed by atoms with van der Waals surface area (Å²) in [5.74, 6) is 1.56. The van der Waals surface area contributed by atoms with Crippen molar-refractivity contribution in [3.63, 3.8) is 0 Å². The number of hydrogen-bond donors (Lipinski definition) is 1. The summed E-state index contributed by atoms with van der Waals surface area (Å²) in [5.41, 5.74) is 0.00625. The Kier molecular flexibility index (Phi) is 5.94. The highest BCUT2D eigenvalue weighted by Crippen LogP contribution is 2.21. The van der Waals surface area contributed by atoms with E-state index in [0.29, 0.717) is 0 Å². The first-order chi connectivity index (χ1) is 7.87. The second kappa shape index (κ2) is 6.75. The Labute approximate surface area is 108 Å². The SMILES string of the molecule is CC(C)CC(CCOC(C)(C)C)CNC1CC1. The zero-order valence-corrected chi connectivity index (χ0v) is 12.4. The van der Waals surface area contributed by atoms with Gasteiger partial charge in [0, 0.05) is 12.6 Å². The first-order valence-electron chi connectivity index (χ1n) is 7.24. The van der Waals surface area contributed by atoms with Gasteiger partial charge in [0.05, 0.1) is 5.60 Å². The lowest BCUT2D eigenvalue weighted by Crippen LogP contribution is -2.28. The molecule has 0 spiro atoms. The molecule has 0 aromatic carbocycles. The van der Waals surface area contributed by atoms with Gasteiger partial charge >= 0.3 is 0 Å². The highest BCUT2D eigenvalue weighted by molar-refractivity contribution is 4.82. The minimum atomic E-state index is 0.00625. The molecule has 2 nitrogen and oxygen atoms in total. The summed E-state index contributed by atoms with van der Waals surface area (Å²) in [4.78, 5) is 0. The van der Waals surface area contributed by atoms with Crippen LogP contribution in [0.3, 0.4) is 0 Å². The summed E-state index contributed by atoms with van der Waals surface area (Å²) in [6, 6.07) is 0.827. The quantitative estimate of drug-likeness (QED) is 0.701. The maximum Gasteiger partial charge on any atom is 0.0598 e. The molecule has 0 radical (unpaired) electrons. The van der Waals surface area contributed by atoms with E-state index in [1.807, 2.05) is 0 Å². The highest BCUT2D eigenvalue weighted by atomic mass is 16.5. The van der Waals surface area contributed by atoms with E-state index in [1.54, 1.807) is 0 Å². The number of hydrogen-bond acceptors (Lipinski definition) is 2. The molecule has 1 atom stereocenters. The zero-order valence-electron chi connectivity index (χ0n) is 12.4. The molecule has 1 rings (SSSR count). The van der Waals surface area contributed by atoms with Gasteiger partial charge in [-0.15, -0.1) is 0 Å². The summed E-state index contributed by atoms with van der Waals surface area (Å²) in [7, 11) is 0. The molecular formula is C15H31NO. The molecule has 0 aromatic rings. The van der Waals surface area contributed by atoms with Gasteiger partial charge in [-0.3, -0.25) is 0 Å². The summed E-state index contributed by atoms with van der Waals surface area (Å²) in [5, 5.41) is 3.65. The van der Waals surface area contributed by atoms with Crippen LogP contribution in [0.4, 0.5) is 0 Å². The fourth-order valence-electron chi connectivity index (χ4n) is 2.12. The van der Waals surface area contributed by atoms with Gasteiger partial charge in [0.1, 0.15) is 0 Å². The lowest BCUT2D eigenvalue weighted by molar-refractivity contribution is -0.0101. The van der Waals surface area contributed by atoms with Crippen molar-refractivity contribution in [2.75, 3.05) is 13.2 Å². The minimum absolute atomic E-state index is 0.00625. The molecule has 0 bridgehead atoms. The zero-order chi connectivity index (χ0) is 12.9. The van der Waals surface area contributed by atoms with Crippen LogP contribution in [0.5, 0.6) is 0 Å². The summed E-state index contributed by atoms with van der Waals surface area (Å²) < 4.78 is 5.84. The molecule has 0 aliphatic heterocycles. The van der Waals surface area contributed by atoms with E-state index in [-0.39, 0.29) is 5.60 Å². The van der Waals surface area contributed by atoms with E-state index < -0.39 is 0 Å². The predicted octanol–water partition coefficient (Wildman–Crippen LogP) is 3.61. The van der Waals surface area contributed by atoms with Crippen LogP contribution in [0, 0.1) is 11.8 Å². The number of ether oxygens (including phenoxy) is 1. The van der Waals surface area contributed by atoms with Crippen molar-refractivity contribution < 1.29 is 4.74 Å². The van der Waals surface area contributed by atoms with Gasteiger partial charge in [0.2, 0.25) is 0 Å². The van der Waals surface area contributed by atoms with E-state index in [0.717, 1.165) is 24.5 Å². The molecular weight excluding hydrogens is 210 g/mol. The summed E-state index contributed by atoms with van der Waals surface area (Å²) >= 11 is 0. The van der Waals surface area contributed by atoms with E-state index in [9.17, 15) is 0 Å². The van der Waals surface area contributed by atoms with Crippen LogP contribution < -0.4 is 5.32 Å². The lowest BCUT2D eigenvalue weighted by atomic mass is 9.94. The van der Waals surface area contributed by atoms with Gasteiger partial charge in [-0.05, 0) is 64.8 Å². The van der Waals surface area contributed by atoms with Crippen LogP contribution in [-0.2, 0) is 4.74 Å². The second-order valence-corrected chi connectivity index (χ2v) is 6.93. The molecule has 1 aliphatic carbocycles. The van der Waals surface area contributed by atoms with Gasteiger partial charge in [-0.1, -0.05) is 13.8 Å². The van der Waals surface area contributed by atoms with Crippen molar-refractivity contribution in [3.8, 4) is 0 Å². The lowest BCUT2D eigenvalue weighted by Gasteiger charge is -2.23. The van der Waals surface area contributed by atoms with E-state index in [1.165, 1.54) is 32.2 Å². The molecule has 0 amide bonds. The highest BCUT2D eigenvalue weighted by Gasteiger charge is 2.22. The van der Waals surface area contributed by atoms with Crippen molar-refractivity contribution in [2.45, 2.75) is 71.9 Å². The Morgan fingerprint density at radius 2 is 1.88 bits per heavy atom. The van der Waals surface area contributed by atoms with Crippen LogP contribution in [0.2, 0.25) is 0 Å². The van der Waals surface area contributed by atoms with Crippen LogP contribution in [0.1, 0.15) is 60.3 Å². The molecule has 2 heteroatoms. The third-order valence-electron chi connectivity index (χ3n) is 3.14. The molecule has 1 fully saturated rings. The van der Waals surface area contributed by atoms with Crippen LogP contribution in [-0.4, -0.2) is 24.8 Å². The normalized spacial score (nSPS) is 18.7. The van der Waals surface area contributed by atoms with Gasteiger partial charge < -0.3 is 10.1 Å². The first-order valence-corrected chi connectivity index (χ1v) is 7.24. The standard InChI is InChI=1S/C15H31NO/c1-12(2)10-13(11-16-14-6-7-14)8-9-17-15(3,4)5/h12-14,16H,6-11H2,1-5H3. The molecule has 1 saturated carbocycles. The van der Waals surface area contributed by atoms with E-state index >= 15 is 0 Å². The summed E-state index contributed by atoms with van der Waals surface area (Å²) in [6.45, 7) is 13.1. The predicted molar refractivity (Wildman–Crippen MR) is 74.3 cm³/mol. The van der Waals surface area contributed by atoms with Gasteiger partial charge in [-0.25, -0.2) is 0 Å². The Balaban J connectivity index is 2.18. The van der Waals surface area contributed by atoms with Crippen molar-refractivity contribution >= 4 is 0 Å². The van der Waals surface area contributed by atoms with Gasteiger partial charge in [-0.2, -0.15) is 0 Å². The molecule has 0 heterocycles. The monoisotopic (exact) mass is 241 g/mol. The second-order valence-electron chi connectivity index (χ2n) is 6.93. The van der Waals surface area contributed by atoms with E-state index in [4.69, 9.17) is 4.74 Å². The molecule has 1 unspecified atom stereocenters. The largest absolute Gasteiger partial charge is 0.376 e. The Morgan fingerprint density at radius 3 is 2.35 bits per heavy atom. The number of nitrogens with one attached hydrogen (secondary N) is 1. The Hall–Kier alpha value is -0.0800. The third-order valence-corrected chi connectivity index (χ3v) is 3.14. The van der Waals surface area contributed by atoms with Gasteiger partial charge in [0.15, 0.2) is 0 Å². The van der Waals surface area contributed by atoms with Crippen molar-refractivity contribution in [1.82, 2.24) is 5.32 Å². The number of rotatable bonds is 8. The van der Waals surface area contributed by atoms with Crippen LogP contribution in [0.15, 0.2) is 0 Å². The molecule has 1 aliphatic rings. The Morgan fingerprint density at radius 1 is 1.24 bits per heavy atom. The average Bonchev–Trinajstić information content (AvgIpc) is 2.94. The van der Waals surface area contributed by atoms with Crippen molar-refractivity contribution in [2.24, 2.45) is 11.8 Å². The Bertz CT molecular complexity index is 203. The maximum absolute atomic E-state index is 5.84. The molecule has 0 saturated heterocycles. The maximum atomic E-state index is 5.84. The molecule has 1 N–H and O–H groups in total. The van der Waals surface area contributed by atoms with Crippen molar-refractivity contribution in [1.29, 1.82) is 0 Å². The first kappa shape index (κ1) is 15.0. The molecule has 17 heavy (non-hydrogen) atoms. The van der Waals surface area contributed by atoms with Crippen LogP contribution in [0.25, 0.3) is 0 Å². The minimum Gasteiger partial charge on any atom is -0.376 e. The fraction of sp³-hybridized carbons (Fsp3) is 1.00. The fourth-order valence-corrected chi connectivity index (χ4v) is 2.12. The molecule has 102 valence electrons. The summed E-state index contributed by atoms with van der Waals surface area (Å²) in [6.07, 6.45) is 5.27. The van der Waals surface area contributed by atoms with Gasteiger partial charge in [0.25, 0.3) is 0 Å². The third kappa shape index (κ3) is 8.62. The van der Waals surface area contributed by atoms with Crippen LogP contribution >= 0.6 is 0 Å². The van der Waals surface area contributed by atoms with E-state index in [2.05, 4.69) is 39.9 Å². The smallest absolute Gasteiger partial charge is 0.0598 e.